The van der Waals surface area contributed by atoms with E-state index in [-0.39, 0.29) is 18.8 Å². The van der Waals surface area contributed by atoms with Crippen LogP contribution in [0.1, 0.15) is 17.2 Å². The van der Waals surface area contributed by atoms with E-state index in [4.69, 9.17) is 9.47 Å². The largest absolute Gasteiger partial charge is 0.496 e. The summed E-state index contributed by atoms with van der Waals surface area (Å²) in [5.41, 5.74) is 0.732. The summed E-state index contributed by atoms with van der Waals surface area (Å²) >= 11 is 0. The van der Waals surface area contributed by atoms with E-state index in [2.05, 4.69) is 0 Å². The fourth-order valence-electron chi connectivity index (χ4n) is 3.20. The minimum Gasteiger partial charge on any atom is -0.496 e. The summed E-state index contributed by atoms with van der Waals surface area (Å²) < 4.78 is 24.6. The van der Waals surface area contributed by atoms with Gasteiger partial charge in [-0.3, -0.25) is 10.1 Å². The van der Waals surface area contributed by atoms with Crippen LogP contribution >= 0.6 is 0 Å². The monoisotopic (exact) mass is 348 g/mol. The highest BCUT2D eigenvalue weighted by atomic mass is 19.1. The Bertz CT molecular complexity index is 827. The van der Waals surface area contributed by atoms with Gasteiger partial charge in [0.05, 0.1) is 19.1 Å². The maximum Gasteiger partial charge on any atom is 0.327 e. The standard InChI is InChI=1S/C17H17FN2O5/c1-24-14-6-7-15(25-2)16-10(14)8-19(9-13(16)21)12-5-3-4-11(18)17(12)20(22)23/h3-7,13,21H,8-9H2,1-2H3/t13-/m0/s1. The van der Waals surface area contributed by atoms with Crippen LogP contribution in [0, 0.1) is 15.9 Å². The molecule has 2 aromatic rings. The molecule has 1 aliphatic rings. The lowest BCUT2D eigenvalue weighted by atomic mass is 9.94. The van der Waals surface area contributed by atoms with Crippen LogP contribution in [0.2, 0.25) is 0 Å². The minimum atomic E-state index is -0.961. The molecule has 0 unspecified atom stereocenters. The maximum atomic E-state index is 13.9. The Morgan fingerprint density at radius 2 is 1.92 bits per heavy atom. The molecule has 0 saturated carbocycles. The number of hydrogen-bond acceptors (Lipinski definition) is 6. The summed E-state index contributed by atoms with van der Waals surface area (Å²) in [6, 6.07) is 7.31. The molecule has 2 aromatic carbocycles. The average Bonchev–Trinajstić information content (AvgIpc) is 2.60. The SMILES string of the molecule is COc1ccc(OC)c2c1CN(c1cccc(F)c1[N+](=O)[O-])C[C@@H]2O. The number of nitrogens with zero attached hydrogens (tertiary/aromatic N) is 2. The number of aliphatic hydroxyl groups excluding tert-OH is 1. The summed E-state index contributed by atoms with van der Waals surface area (Å²) in [6.07, 6.45) is -0.961. The van der Waals surface area contributed by atoms with Crippen molar-refractivity contribution in [2.75, 3.05) is 25.7 Å². The van der Waals surface area contributed by atoms with Gasteiger partial charge in [-0.05, 0) is 24.3 Å². The van der Waals surface area contributed by atoms with Gasteiger partial charge in [0.15, 0.2) is 0 Å². The van der Waals surface area contributed by atoms with Gasteiger partial charge in [0.25, 0.3) is 0 Å². The molecular formula is C17H17FN2O5. The lowest BCUT2D eigenvalue weighted by molar-refractivity contribution is -0.386. The van der Waals surface area contributed by atoms with Gasteiger partial charge in [-0.2, -0.15) is 4.39 Å². The first-order chi connectivity index (χ1) is 12.0. The second-order valence-electron chi connectivity index (χ2n) is 5.62. The van der Waals surface area contributed by atoms with E-state index in [0.717, 1.165) is 6.07 Å². The number of rotatable bonds is 4. The van der Waals surface area contributed by atoms with Gasteiger partial charge in [-0.25, -0.2) is 0 Å². The van der Waals surface area contributed by atoms with Crippen LogP contribution in [-0.4, -0.2) is 30.8 Å². The van der Waals surface area contributed by atoms with Crippen molar-refractivity contribution < 1.29 is 23.9 Å². The highest BCUT2D eigenvalue weighted by molar-refractivity contribution is 5.66. The first-order valence-corrected chi connectivity index (χ1v) is 7.57. The molecule has 0 aliphatic carbocycles. The Morgan fingerprint density at radius 1 is 1.24 bits per heavy atom. The molecule has 3 rings (SSSR count). The van der Waals surface area contributed by atoms with Crippen molar-refractivity contribution in [2.24, 2.45) is 0 Å². The lowest BCUT2D eigenvalue weighted by Crippen LogP contribution is -2.34. The van der Waals surface area contributed by atoms with E-state index in [1.54, 1.807) is 17.0 Å². The third-order valence-corrected chi connectivity index (χ3v) is 4.28. The van der Waals surface area contributed by atoms with Crippen molar-refractivity contribution in [3.63, 3.8) is 0 Å². The van der Waals surface area contributed by atoms with E-state index in [0.29, 0.717) is 22.6 Å². The van der Waals surface area contributed by atoms with Gasteiger partial charge >= 0.3 is 5.69 Å². The van der Waals surface area contributed by atoms with Crippen molar-refractivity contribution in [3.8, 4) is 11.5 Å². The Hall–Kier alpha value is -2.87. The minimum absolute atomic E-state index is 0.0703. The van der Waals surface area contributed by atoms with Crippen LogP contribution in [0.4, 0.5) is 15.8 Å². The molecule has 0 bridgehead atoms. The number of aliphatic hydroxyl groups is 1. The fourth-order valence-corrected chi connectivity index (χ4v) is 3.20. The van der Waals surface area contributed by atoms with Crippen LogP contribution in [0.5, 0.6) is 11.5 Å². The van der Waals surface area contributed by atoms with Gasteiger partial charge in [0, 0.05) is 24.2 Å². The second-order valence-corrected chi connectivity index (χ2v) is 5.62. The zero-order valence-electron chi connectivity index (χ0n) is 13.7. The van der Waals surface area contributed by atoms with Crippen molar-refractivity contribution in [1.29, 1.82) is 0 Å². The second kappa shape index (κ2) is 6.56. The van der Waals surface area contributed by atoms with E-state index >= 15 is 0 Å². The molecule has 0 aromatic heterocycles. The maximum absolute atomic E-state index is 13.9. The number of nitro benzene ring substituents is 1. The predicted molar refractivity (Wildman–Crippen MR) is 88.6 cm³/mol. The molecule has 8 heteroatoms. The molecule has 1 heterocycles. The summed E-state index contributed by atoms with van der Waals surface area (Å²) in [5.74, 6) is 0.121. The molecule has 1 atom stereocenters. The molecule has 132 valence electrons. The summed E-state index contributed by atoms with van der Waals surface area (Å²) in [7, 11) is 3.00. The number of anilines is 1. The third kappa shape index (κ3) is 2.85. The number of methoxy groups -OCH3 is 2. The van der Waals surface area contributed by atoms with Gasteiger partial charge in [-0.15, -0.1) is 0 Å². The Morgan fingerprint density at radius 3 is 2.56 bits per heavy atom. The lowest BCUT2D eigenvalue weighted by Gasteiger charge is -2.35. The van der Waals surface area contributed by atoms with E-state index in [9.17, 15) is 19.6 Å². The first kappa shape index (κ1) is 17.0. The molecule has 0 amide bonds. The average molecular weight is 348 g/mol. The van der Waals surface area contributed by atoms with Crippen LogP contribution in [0.3, 0.4) is 0 Å². The quantitative estimate of drug-likeness (QED) is 0.675. The van der Waals surface area contributed by atoms with Gasteiger partial charge in [0.1, 0.15) is 23.3 Å². The molecular weight excluding hydrogens is 331 g/mol. The van der Waals surface area contributed by atoms with Crippen molar-refractivity contribution in [2.45, 2.75) is 12.6 Å². The van der Waals surface area contributed by atoms with Crippen molar-refractivity contribution in [3.05, 3.63) is 57.4 Å². The molecule has 7 nitrogen and oxygen atoms in total. The van der Waals surface area contributed by atoms with E-state index in [1.807, 2.05) is 0 Å². The van der Waals surface area contributed by atoms with Crippen LogP contribution in [0.25, 0.3) is 0 Å². The molecule has 0 saturated heterocycles. The van der Waals surface area contributed by atoms with Crippen LogP contribution in [-0.2, 0) is 6.54 Å². The number of nitro groups is 1. The highest BCUT2D eigenvalue weighted by Crippen LogP contribution is 2.42. The number of β-amino-alcohol motifs (C(OH)–C–C–N with tert-alkyl or cyclic N) is 1. The predicted octanol–water partition coefficient (Wildman–Crippen LogP) is 2.80. The summed E-state index contributed by atoms with van der Waals surface area (Å²) in [4.78, 5) is 12.1. The topological polar surface area (TPSA) is 85.1 Å². The van der Waals surface area contributed by atoms with Crippen LogP contribution in [0.15, 0.2) is 30.3 Å². The number of halogens is 1. The van der Waals surface area contributed by atoms with Crippen LogP contribution < -0.4 is 14.4 Å². The summed E-state index contributed by atoms with van der Waals surface area (Å²) in [5, 5.41) is 21.9. The Kier molecular flexibility index (Phi) is 4.45. The third-order valence-electron chi connectivity index (χ3n) is 4.28. The highest BCUT2D eigenvalue weighted by Gasteiger charge is 2.33. The Balaban J connectivity index is 2.11. The summed E-state index contributed by atoms with van der Waals surface area (Å²) in [6.45, 7) is 0.290. The first-order valence-electron chi connectivity index (χ1n) is 7.57. The molecule has 25 heavy (non-hydrogen) atoms. The Labute approximate surface area is 143 Å². The molecule has 0 spiro atoms. The molecule has 1 N–H and O–H groups in total. The van der Waals surface area contributed by atoms with E-state index in [1.165, 1.54) is 26.4 Å². The molecule has 1 aliphatic heterocycles. The number of benzene rings is 2. The van der Waals surface area contributed by atoms with E-state index < -0.39 is 22.5 Å². The van der Waals surface area contributed by atoms with Gasteiger partial charge in [-0.1, -0.05) is 6.07 Å². The number of hydrogen-bond donors (Lipinski definition) is 1. The van der Waals surface area contributed by atoms with Crippen molar-refractivity contribution in [1.82, 2.24) is 0 Å². The number of ether oxygens (including phenoxy) is 2. The zero-order valence-corrected chi connectivity index (χ0v) is 13.7. The van der Waals surface area contributed by atoms with Crippen molar-refractivity contribution >= 4 is 11.4 Å². The normalized spacial score (nSPS) is 16.3. The molecule has 0 radical (unpaired) electrons. The smallest absolute Gasteiger partial charge is 0.327 e. The number of para-hydroxylation sites is 1. The molecule has 0 fully saturated rings. The van der Waals surface area contributed by atoms with Gasteiger partial charge in [0.2, 0.25) is 5.82 Å². The number of fused-ring (bicyclic) bond motifs is 1. The zero-order chi connectivity index (χ0) is 18.1. The van der Waals surface area contributed by atoms with Gasteiger partial charge < -0.3 is 19.5 Å². The fraction of sp³-hybridized carbons (Fsp3) is 0.294.